The summed E-state index contributed by atoms with van der Waals surface area (Å²) in [5.41, 5.74) is -1.43. The summed E-state index contributed by atoms with van der Waals surface area (Å²) < 4.78 is 25.3. The summed E-state index contributed by atoms with van der Waals surface area (Å²) in [6, 6.07) is 0. The summed E-state index contributed by atoms with van der Waals surface area (Å²) in [4.78, 5) is 11.5. The standard InChI is InChI=1S/C12H18BFO3/c1-11(2)12(3,4)17-13(16-11)10(14)8-6-5-7-9(8)15/h5-7H2,1-4H3. The SMILES string of the molecule is CC1(C)OB(C(F)=C2CCCC2=O)OC1(C)C. The van der Waals surface area contributed by atoms with Gasteiger partial charge in [-0.1, -0.05) is 0 Å². The molecular formula is C12H18BFO3. The van der Waals surface area contributed by atoms with Crippen molar-refractivity contribution in [1.82, 2.24) is 0 Å². The molecule has 5 heteroatoms. The van der Waals surface area contributed by atoms with Crippen LogP contribution in [0.4, 0.5) is 4.39 Å². The van der Waals surface area contributed by atoms with Crippen molar-refractivity contribution >= 4 is 12.9 Å². The van der Waals surface area contributed by atoms with Crippen molar-refractivity contribution in [1.29, 1.82) is 0 Å². The third-order valence-electron chi connectivity index (χ3n) is 3.92. The fourth-order valence-corrected chi connectivity index (χ4v) is 2.06. The van der Waals surface area contributed by atoms with Gasteiger partial charge in [-0.15, -0.1) is 0 Å². The van der Waals surface area contributed by atoms with E-state index in [1.165, 1.54) is 0 Å². The van der Waals surface area contributed by atoms with E-state index in [4.69, 9.17) is 9.31 Å². The number of hydrogen-bond donors (Lipinski definition) is 0. The molecule has 3 nitrogen and oxygen atoms in total. The van der Waals surface area contributed by atoms with Crippen molar-refractivity contribution < 1.29 is 18.5 Å². The second-order valence-electron chi connectivity index (χ2n) is 5.69. The van der Waals surface area contributed by atoms with Gasteiger partial charge in [0.05, 0.1) is 11.2 Å². The highest BCUT2D eigenvalue weighted by molar-refractivity contribution is 6.54. The molecule has 0 radical (unpaired) electrons. The van der Waals surface area contributed by atoms with Crippen LogP contribution in [0.2, 0.25) is 0 Å². The average molecular weight is 240 g/mol. The first-order valence-corrected chi connectivity index (χ1v) is 6.02. The van der Waals surface area contributed by atoms with Gasteiger partial charge in [0.15, 0.2) is 5.78 Å². The van der Waals surface area contributed by atoms with Crippen LogP contribution in [0.5, 0.6) is 0 Å². The molecule has 17 heavy (non-hydrogen) atoms. The first-order chi connectivity index (χ1) is 7.74. The Labute approximate surface area is 101 Å². The van der Waals surface area contributed by atoms with Gasteiger partial charge < -0.3 is 9.31 Å². The Kier molecular flexibility index (Phi) is 2.95. The Hall–Kier alpha value is -0.675. The zero-order valence-corrected chi connectivity index (χ0v) is 10.8. The van der Waals surface area contributed by atoms with Crippen LogP contribution in [0, 0.1) is 0 Å². The highest BCUT2D eigenvalue weighted by Crippen LogP contribution is 2.40. The number of rotatable bonds is 1. The van der Waals surface area contributed by atoms with E-state index in [0.717, 1.165) is 6.42 Å². The molecule has 2 aliphatic rings. The van der Waals surface area contributed by atoms with E-state index < -0.39 is 24.0 Å². The van der Waals surface area contributed by atoms with Crippen molar-refractivity contribution in [3.8, 4) is 0 Å². The van der Waals surface area contributed by atoms with Crippen LogP contribution in [-0.4, -0.2) is 24.1 Å². The van der Waals surface area contributed by atoms with Crippen molar-refractivity contribution in [2.24, 2.45) is 0 Å². The second-order valence-corrected chi connectivity index (χ2v) is 5.69. The summed E-state index contributed by atoms with van der Waals surface area (Å²) in [6.07, 6.45) is 1.65. The minimum absolute atomic E-state index is 0.114. The predicted octanol–water partition coefficient (Wildman–Crippen LogP) is 2.59. The Balaban J connectivity index is 2.24. The molecule has 0 spiro atoms. The maximum absolute atomic E-state index is 14.2. The molecule has 2 fully saturated rings. The minimum Gasteiger partial charge on any atom is -0.398 e. The van der Waals surface area contributed by atoms with Gasteiger partial charge in [-0.25, -0.2) is 4.39 Å². The van der Waals surface area contributed by atoms with Crippen LogP contribution in [0.3, 0.4) is 0 Å². The molecule has 1 aliphatic carbocycles. The molecule has 0 bridgehead atoms. The lowest BCUT2D eigenvalue weighted by molar-refractivity contribution is -0.114. The lowest BCUT2D eigenvalue weighted by atomic mass is 9.84. The molecule has 0 aromatic carbocycles. The number of allylic oxidation sites excluding steroid dienone is 1. The molecule has 0 N–H and O–H groups in total. The summed E-state index contributed by atoms with van der Waals surface area (Å²) in [5.74, 6) is -0.114. The molecular weight excluding hydrogens is 222 g/mol. The third kappa shape index (κ3) is 2.06. The van der Waals surface area contributed by atoms with E-state index in [1.807, 2.05) is 27.7 Å². The number of hydrogen-bond acceptors (Lipinski definition) is 3. The van der Waals surface area contributed by atoms with Gasteiger partial charge in [-0.3, -0.25) is 4.79 Å². The molecule has 1 aliphatic heterocycles. The molecule has 0 aromatic rings. The van der Waals surface area contributed by atoms with E-state index in [2.05, 4.69) is 0 Å². The van der Waals surface area contributed by atoms with Gasteiger partial charge in [0.1, 0.15) is 5.73 Å². The molecule has 0 amide bonds. The summed E-state index contributed by atoms with van der Waals surface area (Å²) in [6.45, 7) is 7.45. The zero-order chi connectivity index (χ0) is 12.8. The van der Waals surface area contributed by atoms with Crippen LogP contribution in [-0.2, 0) is 14.1 Å². The van der Waals surface area contributed by atoms with Gasteiger partial charge in [0, 0.05) is 12.0 Å². The van der Waals surface area contributed by atoms with Gasteiger partial charge in [0.2, 0.25) is 0 Å². The number of ketones is 1. The lowest BCUT2D eigenvalue weighted by Crippen LogP contribution is -2.41. The molecule has 2 rings (SSSR count). The molecule has 0 aromatic heterocycles. The Morgan fingerprint density at radius 2 is 1.71 bits per heavy atom. The molecule has 0 unspecified atom stereocenters. The maximum Gasteiger partial charge on any atom is 0.525 e. The summed E-state index contributed by atoms with van der Waals surface area (Å²) >= 11 is 0. The first kappa shape index (κ1) is 12.8. The number of halogens is 1. The van der Waals surface area contributed by atoms with Gasteiger partial charge in [-0.05, 0) is 40.5 Å². The molecule has 1 saturated heterocycles. The van der Waals surface area contributed by atoms with Crippen molar-refractivity contribution in [2.45, 2.75) is 58.2 Å². The Morgan fingerprint density at radius 3 is 2.12 bits per heavy atom. The monoisotopic (exact) mass is 240 g/mol. The molecule has 1 saturated carbocycles. The molecule has 1 heterocycles. The van der Waals surface area contributed by atoms with Gasteiger partial charge in [-0.2, -0.15) is 0 Å². The van der Waals surface area contributed by atoms with Crippen LogP contribution < -0.4 is 0 Å². The van der Waals surface area contributed by atoms with Crippen molar-refractivity contribution in [3.05, 3.63) is 11.3 Å². The Morgan fingerprint density at radius 1 is 1.18 bits per heavy atom. The highest BCUT2D eigenvalue weighted by Gasteiger charge is 2.54. The quantitative estimate of drug-likeness (QED) is 0.522. The third-order valence-corrected chi connectivity index (χ3v) is 3.92. The first-order valence-electron chi connectivity index (χ1n) is 6.02. The number of carbonyl (C=O) groups is 1. The van der Waals surface area contributed by atoms with Crippen LogP contribution in [0.1, 0.15) is 47.0 Å². The minimum atomic E-state index is -1.03. The predicted molar refractivity (Wildman–Crippen MR) is 63.1 cm³/mol. The maximum atomic E-state index is 14.2. The smallest absolute Gasteiger partial charge is 0.398 e. The van der Waals surface area contributed by atoms with E-state index in [1.54, 1.807) is 0 Å². The summed E-state index contributed by atoms with van der Waals surface area (Å²) in [7, 11) is -1.03. The normalized spacial score (nSPS) is 29.9. The van der Waals surface area contributed by atoms with Crippen molar-refractivity contribution in [3.63, 3.8) is 0 Å². The van der Waals surface area contributed by atoms with Crippen LogP contribution in [0.15, 0.2) is 11.3 Å². The average Bonchev–Trinajstić information content (AvgIpc) is 2.68. The van der Waals surface area contributed by atoms with E-state index in [9.17, 15) is 9.18 Å². The largest absolute Gasteiger partial charge is 0.525 e. The molecule has 0 atom stereocenters. The summed E-state index contributed by atoms with van der Waals surface area (Å²) in [5, 5.41) is 0. The second kappa shape index (κ2) is 3.92. The zero-order valence-electron chi connectivity index (χ0n) is 10.8. The number of Topliss-reactive ketones (excluding diaryl/α,β-unsaturated/α-hetero) is 1. The fourth-order valence-electron chi connectivity index (χ4n) is 2.06. The fraction of sp³-hybridized carbons (Fsp3) is 0.750. The van der Waals surface area contributed by atoms with E-state index >= 15 is 0 Å². The van der Waals surface area contributed by atoms with Crippen LogP contribution in [0.25, 0.3) is 0 Å². The topological polar surface area (TPSA) is 35.5 Å². The van der Waals surface area contributed by atoms with Crippen molar-refractivity contribution in [2.75, 3.05) is 0 Å². The highest BCUT2D eigenvalue weighted by atomic mass is 19.1. The Bertz CT molecular complexity index is 371. The van der Waals surface area contributed by atoms with Crippen LogP contribution >= 0.6 is 0 Å². The van der Waals surface area contributed by atoms with E-state index in [0.29, 0.717) is 12.8 Å². The van der Waals surface area contributed by atoms with Gasteiger partial charge >= 0.3 is 7.12 Å². The number of carbonyl (C=O) groups excluding carboxylic acids is 1. The lowest BCUT2D eigenvalue weighted by Gasteiger charge is -2.32. The van der Waals surface area contributed by atoms with Gasteiger partial charge in [0.25, 0.3) is 0 Å². The molecule has 94 valence electrons. The van der Waals surface area contributed by atoms with E-state index in [-0.39, 0.29) is 11.4 Å².